The number of rotatable bonds is 3. The monoisotopic (exact) mass is 403 g/mol. The van der Waals surface area contributed by atoms with E-state index in [0.717, 1.165) is 68.2 Å². The van der Waals surface area contributed by atoms with Gasteiger partial charge in [-0.25, -0.2) is 13.8 Å². The summed E-state index contributed by atoms with van der Waals surface area (Å²) in [4.78, 5) is 12.6. The van der Waals surface area contributed by atoms with E-state index in [-0.39, 0.29) is 17.7 Å². The van der Waals surface area contributed by atoms with E-state index < -0.39 is 10.0 Å². The lowest BCUT2D eigenvalue weighted by molar-refractivity contribution is -0.127. The van der Waals surface area contributed by atoms with E-state index >= 15 is 0 Å². The lowest BCUT2D eigenvalue weighted by Crippen LogP contribution is -2.43. The molecule has 1 saturated carbocycles. The summed E-state index contributed by atoms with van der Waals surface area (Å²) in [5, 5.41) is 4.35. The SMILES string of the molecule is Cc1ccc(C2=NNC(=O)[C@H]3CCCC[C@H]23)cc1S(=O)(=O)N1CCCCCC1. The van der Waals surface area contributed by atoms with E-state index in [2.05, 4.69) is 10.5 Å². The van der Waals surface area contributed by atoms with Crippen molar-refractivity contribution in [3.63, 3.8) is 0 Å². The number of fused-ring (bicyclic) bond motifs is 1. The highest BCUT2D eigenvalue weighted by molar-refractivity contribution is 7.89. The standard InChI is InChI=1S/C21H29N3O3S/c1-15-10-11-16(20-17-8-4-5-9-18(17)21(25)23-22-20)14-19(15)28(26,27)24-12-6-2-3-7-13-24/h10-11,14,17-18H,2-9,12-13H2,1H3,(H,23,25)/t17-,18-/m0/s1. The van der Waals surface area contributed by atoms with Crippen LogP contribution in [0, 0.1) is 18.8 Å². The Morgan fingerprint density at radius 3 is 2.39 bits per heavy atom. The minimum Gasteiger partial charge on any atom is -0.273 e. The number of carbonyl (C=O) groups is 1. The van der Waals surface area contributed by atoms with Gasteiger partial charge in [0.1, 0.15) is 0 Å². The number of benzene rings is 1. The molecular formula is C21H29N3O3S. The van der Waals surface area contributed by atoms with Crippen molar-refractivity contribution >= 4 is 21.6 Å². The van der Waals surface area contributed by atoms with Gasteiger partial charge in [0.15, 0.2) is 0 Å². The molecule has 4 rings (SSSR count). The van der Waals surface area contributed by atoms with Crippen LogP contribution in [-0.4, -0.2) is 37.4 Å². The molecule has 0 radical (unpaired) electrons. The first kappa shape index (κ1) is 19.6. The average molecular weight is 404 g/mol. The molecule has 1 N–H and O–H groups in total. The number of amides is 1. The van der Waals surface area contributed by atoms with Crippen LogP contribution in [-0.2, 0) is 14.8 Å². The summed E-state index contributed by atoms with van der Waals surface area (Å²) >= 11 is 0. The first-order chi connectivity index (χ1) is 13.5. The molecule has 1 aromatic carbocycles. The number of nitrogens with zero attached hydrogens (tertiary/aromatic N) is 2. The molecule has 0 spiro atoms. The first-order valence-electron chi connectivity index (χ1n) is 10.5. The normalized spacial score (nSPS) is 26.8. The maximum absolute atomic E-state index is 13.3. The second-order valence-corrected chi connectivity index (χ2v) is 10.2. The van der Waals surface area contributed by atoms with Crippen LogP contribution >= 0.6 is 0 Å². The lowest BCUT2D eigenvalue weighted by atomic mass is 9.74. The van der Waals surface area contributed by atoms with Gasteiger partial charge in [-0.1, -0.05) is 37.8 Å². The number of hydrazone groups is 1. The van der Waals surface area contributed by atoms with Crippen LogP contribution in [0.1, 0.15) is 62.5 Å². The van der Waals surface area contributed by atoms with Crippen molar-refractivity contribution in [2.45, 2.75) is 63.2 Å². The number of nitrogens with one attached hydrogen (secondary N) is 1. The van der Waals surface area contributed by atoms with Crippen LogP contribution in [0.15, 0.2) is 28.2 Å². The van der Waals surface area contributed by atoms with Gasteiger partial charge >= 0.3 is 0 Å². The molecule has 0 bridgehead atoms. The van der Waals surface area contributed by atoms with Crippen LogP contribution in [0.25, 0.3) is 0 Å². The van der Waals surface area contributed by atoms with Gasteiger partial charge in [0.25, 0.3) is 0 Å². The van der Waals surface area contributed by atoms with E-state index in [9.17, 15) is 13.2 Å². The molecule has 2 aliphatic heterocycles. The Morgan fingerprint density at radius 2 is 1.68 bits per heavy atom. The van der Waals surface area contributed by atoms with E-state index in [4.69, 9.17) is 0 Å². The van der Waals surface area contributed by atoms with Crippen molar-refractivity contribution in [2.24, 2.45) is 16.9 Å². The van der Waals surface area contributed by atoms with Crippen molar-refractivity contribution in [1.29, 1.82) is 0 Å². The van der Waals surface area contributed by atoms with Gasteiger partial charge in [-0.2, -0.15) is 9.41 Å². The van der Waals surface area contributed by atoms with E-state index in [1.54, 1.807) is 10.4 Å². The Hall–Kier alpha value is -1.73. The third-order valence-corrected chi connectivity index (χ3v) is 8.45. The summed E-state index contributed by atoms with van der Waals surface area (Å²) in [5.41, 5.74) is 5.07. The minimum absolute atomic E-state index is 0.00188. The Balaban J connectivity index is 1.70. The number of carbonyl (C=O) groups excluding carboxylic acids is 1. The fraction of sp³-hybridized carbons (Fsp3) is 0.619. The third-order valence-electron chi connectivity index (χ3n) is 6.41. The maximum Gasteiger partial charge on any atom is 0.243 e. The Bertz CT molecular complexity index is 886. The minimum atomic E-state index is -3.53. The highest BCUT2D eigenvalue weighted by Gasteiger charge is 2.38. The molecule has 28 heavy (non-hydrogen) atoms. The van der Waals surface area contributed by atoms with Crippen LogP contribution in [0.5, 0.6) is 0 Å². The summed E-state index contributed by atoms with van der Waals surface area (Å²) in [6.07, 6.45) is 7.96. The molecule has 1 aliphatic carbocycles. The van der Waals surface area contributed by atoms with E-state index in [0.29, 0.717) is 18.0 Å². The van der Waals surface area contributed by atoms with E-state index in [1.165, 1.54) is 0 Å². The number of hydrogen-bond donors (Lipinski definition) is 1. The van der Waals surface area contributed by atoms with Crippen LogP contribution in [0.4, 0.5) is 0 Å². The van der Waals surface area contributed by atoms with Crippen molar-refractivity contribution in [1.82, 2.24) is 9.73 Å². The smallest absolute Gasteiger partial charge is 0.243 e. The van der Waals surface area contributed by atoms with Gasteiger partial charge in [-0.05, 0) is 49.8 Å². The van der Waals surface area contributed by atoms with Gasteiger partial charge < -0.3 is 0 Å². The molecule has 0 unspecified atom stereocenters. The summed E-state index contributed by atoms with van der Waals surface area (Å²) < 4.78 is 28.3. The largest absolute Gasteiger partial charge is 0.273 e. The van der Waals surface area contributed by atoms with Gasteiger partial charge in [-0.15, -0.1) is 0 Å². The Labute approximate surface area is 167 Å². The quantitative estimate of drug-likeness (QED) is 0.842. The second-order valence-electron chi connectivity index (χ2n) is 8.27. The zero-order valence-electron chi connectivity index (χ0n) is 16.5. The highest BCUT2D eigenvalue weighted by atomic mass is 32.2. The highest BCUT2D eigenvalue weighted by Crippen LogP contribution is 2.36. The molecular weight excluding hydrogens is 374 g/mol. The van der Waals surface area contributed by atoms with Gasteiger partial charge in [0.2, 0.25) is 15.9 Å². The molecule has 152 valence electrons. The molecule has 2 atom stereocenters. The van der Waals surface area contributed by atoms with Crippen LogP contribution < -0.4 is 5.43 Å². The third kappa shape index (κ3) is 3.62. The van der Waals surface area contributed by atoms with Crippen molar-refractivity contribution in [3.8, 4) is 0 Å². The van der Waals surface area contributed by atoms with E-state index in [1.807, 2.05) is 19.1 Å². The molecule has 3 aliphatic rings. The van der Waals surface area contributed by atoms with Crippen molar-refractivity contribution in [3.05, 3.63) is 29.3 Å². The van der Waals surface area contributed by atoms with Crippen molar-refractivity contribution in [2.75, 3.05) is 13.1 Å². The van der Waals surface area contributed by atoms with Gasteiger partial charge in [0, 0.05) is 24.9 Å². The summed E-state index contributed by atoms with van der Waals surface area (Å²) in [6.45, 7) is 3.03. The number of aryl methyl sites for hydroxylation is 1. The van der Waals surface area contributed by atoms with Crippen LogP contribution in [0.2, 0.25) is 0 Å². The lowest BCUT2D eigenvalue weighted by Gasteiger charge is -2.34. The zero-order valence-corrected chi connectivity index (χ0v) is 17.3. The number of sulfonamides is 1. The number of hydrogen-bond acceptors (Lipinski definition) is 4. The molecule has 2 fully saturated rings. The molecule has 1 amide bonds. The molecule has 1 saturated heterocycles. The molecule has 2 heterocycles. The second kappa shape index (κ2) is 7.95. The Morgan fingerprint density at radius 1 is 1.00 bits per heavy atom. The summed E-state index contributed by atoms with van der Waals surface area (Å²) in [6, 6.07) is 5.59. The van der Waals surface area contributed by atoms with Crippen molar-refractivity contribution < 1.29 is 13.2 Å². The fourth-order valence-corrected chi connectivity index (χ4v) is 6.56. The maximum atomic E-state index is 13.3. The molecule has 6 nitrogen and oxygen atoms in total. The predicted molar refractivity (Wildman–Crippen MR) is 109 cm³/mol. The Kier molecular flexibility index (Phi) is 5.56. The first-order valence-corrected chi connectivity index (χ1v) is 11.9. The fourth-order valence-electron chi connectivity index (χ4n) is 4.79. The zero-order chi connectivity index (χ0) is 19.7. The average Bonchev–Trinajstić information content (AvgIpc) is 2.99. The van der Waals surface area contributed by atoms with Gasteiger partial charge in [-0.3, -0.25) is 4.79 Å². The molecule has 0 aromatic heterocycles. The predicted octanol–water partition coefficient (Wildman–Crippen LogP) is 3.20. The van der Waals surface area contributed by atoms with Crippen LogP contribution in [0.3, 0.4) is 0 Å². The molecule has 1 aromatic rings. The summed E-state index contributed by atoms with van der Waals surface area (Å²) in [7, 11) is -3.53. The summed E-state index contributed by atoms with van der Waals surface area (Å²) in [5.74, 6) is 0.0325. The topological polar surface area (TPSA) is 78.8 Å². The van der Waals surface area contributed by atoms with Gasteiger partial charge in [0.05, 0.1) is 10.6 Å². The molecule has 7 heteroatoms.